The molecular formula is C17H10F4N2O. The summed E-state index contributed by atoms with van der Waals surface area (Å²) in [4.78, 5) is 0. The number of ether oxygens (including phenoxy) is 1. The maximum absolute atomic E-state index is 13.5. The summed E-state index contributed by atoms with van der Waals surface area (Å²) in [5, 5.41) is 3.71. The third kappa shape index (κ3) is 2.24. The maximum atomic E-state index is 13.5. The second kappa shape index (κ2) is 5.09. The molecule has 1 aliphatic heterocycles. The second-order valence-corrected chi connectivity index (χ2v) is 5.36. The predicted octanol–water partition coefficient (Wildman–Crippen LogP) is 4.59. The number of hydrogen-bond acceptors (Lipinski definition) is 2. The summed E-state index contributed by atoms with van der Waals surface area (Å²) in [5.41, 5.74) is 0.291. The van der Waals surface area contributed by atoms with Gasteiger partial charge in [-0.15, -0.1) is 0 Å². The minimum Gasteiger partial charge on any atom is -0.472 e. The Hall–Kier alpha value is -2.83. The lowest BCUT2D eigenvalue weighted by Crippen LogP contribution is -2.10. The fourth-order valence-electron chi connectivity index (χ4n) is 2.77. The quantitative estimate of drug-likeness (QED) is 0.609. The highest BCUT2D eigenvalue weighted by atomic mass is 19.4. The lowest BCUT2D eigenvalue weighted by Gasteiger charge is -2.19. The molecule has 122 valence electrons. The Balaban J connectivity index is 2.00. The van der Waals surface area contributed by atoms with Crippen LogP contribution in [0, 0.1) is 5.82 Å². The van der Waals surface area contributed by atoms with Gasteiger partial charge in [0.25, 0.3) is 0 Å². The molecule has 0 spiro atoms. The summed E-state index contributed by atoms with van der Waals surface area (Å²) in [7, 11) is 0. The van der Waals surface area contributed by atoms with E-state index in [-0.39, 0.29) is 18.1 Å². The highest BCUT2D eigenvalue weighted by Crippen LogP contribution is 2.46. The van der Waals surface area contributed by atoms with Gasteiger partial charge in [0.05, 0.1) is 11.3 Å². The van der Waals surface area contributed by atoms with Gasteiger partial charge in [0, 0.05) is 0 Å². The third-order valence-corrected chi connectivity index (χ3v) is 3.83. The topological polar surface area (TPSA) is 27.1 Å². The van der Waals surface area contributed by atoms with Gasteiger partial charge >= 0.3 is 6.18 Å². The van der Waals surface area contributed by atoms with E-state index in [1.807, 2.05) is 0 Å². The van der Waals surface area contributed by atoms with Crippen LogP contribution >= 0.6 is 0 Å². The van der Waals surface area contributed by atoms with E-state index in [4.69, 9.17) is 4.74 Å². The summed E-state index contributed by atoms with van der Waals surface area (Å²) >= 11 is 0. The van der Waals surface area contributed by atoms with E-state index in [1.54, 1.807) is 24.3 Å². The molecule has 7 heteroatoms. The lowest BCUT2D eigenvalue weighted by atomic mass is 9.98. The van der Waals surface area contributed by atoms with Crippen molar-refractivity contribution in [2.45, 2.75) is 12.8 Å². The molecule has 0 radical (unpaired) electrons. The predicted molar refractivity (Wildman–Crippen MR) is 78.3 cm³/mol. The summed E-state index contributed by atoms with van der Waals surface area (Å²) in [6.45, 7) is 0.146. The molecule has 0 bridgehead atoms. The van der Waals surface area contributed by atoms with Crippen LogP contribution in [0.1, 0.15) is 11.3 Å². The zero-order valence-corrected chi connectivity index (χ0v) is 12.1. The van der Waals surface area contributed by atoms with E-state index in [0.29, 0.717) is 16.8 Å². The highest BCUT2D eigenvalue weighted by Gasteiger charge is 2.42. The van der Waals surface area contributed by atoms with Gasteiger partial charge in [0.1, 0.15) is 12.4 Å². The Labute approximate surface area is 134 Å². The van der Waals surface area contributed by atoms with Gasteiger partial charge in [0.15, 0.2) is 5.69 Å². The van der Waals surface area contributed by atoms with E-state index in [2.05, 4.69) is 5.10 Å². The van der Waals surface area contributed by atoms with Crippen LogP contribution in [0.25, 0.3) is 16.8 Å². The Morgan fingerprint density at radius 1 is 1.00 bits per heavy atom. The molecule has 3 nitrogen and oxygen atoms in total. The van der Waals surface area contributed by atoms with Gasteiger partial charge in [-0.2, -0.15) is 23.0 Å². The average Bonchev–Trinajstić information content (AvgIpc) is 2.96. The molecule has 24 heavy (non-hydrogen) atoms. The Kier molecular flexibility index (Phi) is 3.13. The van der Waals surface area contributed by atoms with Crippen LogP contribution < -0.4 is 4.74 Å². The van der Waals surface area contributed by atoms with E-state index in [1.165, 1.54) is 12.1 Å². The summed E-state index contributed by atoms with van der Waals surface area (Å²) in [6.07, 6.45) is -4.64. The first-order chi connectivity index (χ1) is 11.4. The van der Waals surface area contributed by atoms with Crippen LogP contribution in [0.3, 0.4) is 0 Å². The molecule has 0 atom stereocenters. The molecule has 0 unspecified atom stereocenters. The number of aromatic nitrogens is 2. The van der Waals surface area contributed by atoms with Gasteiger partial charge in [-0.25, -0.2) is 4.39 Å². The Morgan fingerprint density at radius 3 is 2.42 bits per heavy atom. The second-order valence-electron chi connectivity index (χ2n) is 5.36. The van der Waals surface area contributed by atoms with Crippen LogP contribution in [0.5, 0.6) is 5.88 Å². The minimum absolute atomic E-state index is 0.00707. The monoisotopic (exact) mass is 334 g/mol. The normalized spacial score (nSPS) is 13.2. The van der Waals surface area contributed by atoms with Crippen LogP contribution in [0.2, 0.25) is 0 Å². The molecule has 1 aromatic heterocycles. The third-order valence-electron chi connectivity index (χ3n) is 3.83. The first kappa shape index (κ1) is 14.7. The van der Waals surface area contributed by atoms with Crippen LogP contribution in [-0.4, -0.2) is 9.78 Å². The number of rotatable bonds is 1. The standard InChI is InChI=1S/C17H10F4N2O/c18-11-5-7-12(8-6-11)23-16-14(15(22-23)17(19,20)21)13-4-2-1-3-10(13)9-24-16/h1-8H,9H2. The van der Waals surface area contributed by atoms with E-state index in [0.717, 1.165) is 16.8 Å². The molecule has 2 heterocycles. The molecule has 0 fully saturated rings. The molecule has 1 aliphatic rings. The van der Waals surface area contributed by atoms with Crippen molar-refractivity contribution in [3.63, 3.8) is 0 Å². The SMILES string of the molecule is Fc1ccc(-n2nc(C(F)(F)F)c3c2OCc2ccccc2-3)cc1. The first-order valence-corrected chi connectivity index (χ1v) is 7.12. The molecule has 3 aromatic rings. The van der Waals surface area contributed by atoms with Gasteiger partial charge < -0.3 is 4.74 Å². The van der Waals surface area contributed by atoms with Crippen molar-refractivity contribution in [2.24, 2.45) is 0 Å². The zero-order chi connectivity index (χ0) is 16.9. The highest BCUT2D eigenvalue weighted by molar-refractivity contribution is 5.77. The van der Waals surface area contributed by atoms with Crippen molar-refractivity contribution in [1.82, 2.24) is 9.78 Å². The van der Waals surface area contributed by atoms with E-state index >= 15 is 0 Å². The molecule has 4 rings (SSSR count). The summed E-state index contributed by atoms with van der Waals surface area (Å²) < 4.78 is 60.1. The molecule has 0 saturated heterocycles. The van der Waals surface area contributed by atoms with Crippen LogP contribution in [-0.2, 0) is 12.8 Å². The maximum Gasteiger partial charge on any atom is 0.435 e. The Bertz CT molecular complexity index is 913. The van der Waals surface area contributed by atoms with Crippen molar-refractivity contribution >= 4 is 0 Å². The van der Waals surface area contributed by atoms with Gasteiger partial charge in [-0.3, -0.25) is 0 Å². The van der Waals surface area contributed by atoms with Crippen molar-refractivity contribution in [2.75, 3.05) is 0 Å². The van der Waals surface area contributed by atoms with Crippen molar-refractivity contribution < 1.29 is 22.3 Å². The van der Waals surface area contributed by atoms with Gasteiger partial charge in [0.2, 0.25) is 5.88 Å². The fourth-order valence-corrected chi connectivity index (χ4v) is 2.77. The molecule has 0 amide bonds. The lowest BCUT2D eigenvalue weighted by molar-refractivity contribution is -0.140. The number of halogens is 4. The largest absolute Gasteiger partial charge is 0.472 e. The molecule has 0 N–H and O–H groups in total. The number of alkyl halides is 3. The minimum atomic E-state index is -4.64. The summed E-state index contributed by atoms with van der Waals surface area (Å²) in [5.74, 6) is -0.477. The number of nitrogens with zero attached hydrogens (tertiary/aromatic N) is 2. The molecule has 0 saturated carbocycles. The fraction of sp³-hybridized carbons (Fsp3) is 0.118. The van der Waals surface area contributed by atoms with Gasteiger partial charge in [-0.1, -0.05) is 24.3 Å². The van der Waals surface area contributed by atoms with E-state index < -0.39 is 17.7 Å². The number of hydrogen-bond donors (Lipinski definition) is 0. The molecule has 0 aliphatic carbocycles. The summed E-state index contributed by atoms with van der Waals surface area (Å²) in [6, 6.07) is 11.8. The van der Waals surface area contributed by atoms with E-state index in [9.17, 15) is 17.6 Å². The van der Waals surface area contributed by atoms with Crippen molar-refractivity contribution in [3.8, 4) is 22.7 Å². The smallest absolute Gasteiger partial charge is 0.435 e. The van der Waals surface area contributed by atoms with Crippen molar-refractivity contribution in [1.29, 1.82) is 0 Å². The zero-order valence-electron chi connectivity index (χ0n) is 12.1. The average molecular weight is 334 g/mol. The first-order valence-electron chi connectivity index (χ1n) is 7.12. The number of fused-ring (bicyclic) bond motifs is 3. The molecular weight excluding hydrogens is 324 g/mol. The molecule has 2 aromatic carbocycles. The van der Waals surface area contributed by atoms with Crippen LogP contribution in [0.4, 0.5) is 17.6 Å². The van der Waals surface area contributed by atoms with Crippen LogP contribution in [0.15, 0.2) is 48.5 Å². The van der Waals surface area contributed by atoms with Crippen molar-refractivity contribution in [3.05, 3.63) is 65.6 Å². The van der Waals surface area contributed by atoms with Gasteiger partial charge in [-0.05, 0) is 35.4 Å². The Morgan fingerprint density at radius 2 is 1.71 bits per heavy atom. The number of benzene rings is 2.